The topological polar surface area (TPSA) is 42.3 Å². The lowest BCUT2D eigenvalue weighted by atomic mass is 10.1. The Morgan fingerprint density at radius 1 is 1.08 bits per heavy atom. The van der Waals surface area contributed by atoms with E-state index in [1.54, 1.807) is 0 Å². The zero-order valence-electron chi connectivity index (χ0n) is 16.7. The van der Waals surface area contributed by atoms with Crippen LogP contribution in [0.1, 0.15) is 41.9 Å². The maximum absolute atomic E-state index is 5.86. The molecule has 5 nitrogen and oxygen atoms in total. The number of rotatable bonds is 6. The van der Waals surface area contributed by atoms with Crippen LogP contribution in [-0.4, -0.2) is 40.0 Å². The molecule has 5 heteroatoms. The number of ether oxygens (including phenoxy) is 1. The highest BCUT2D eigenvalue weighted by Crippen LogP contribution is 2.17. The fraction of sp³-hybridized carbons (Fsp3) is 0.571. The normalized spacial score (nSPS) is 21.3. The van der Waals surface area contributed by atoms with E-state index in [-0.39, 0.29) is 0 Å². The average molecular weight is 357 g/mol. The summed E-state index contributed by atoms with van der Waals surface area (Å²) in [5.41, 5.74) is 6.43. The van der Waals surface area contributed by atoms with Gasteiger partial charge in [0.25, 0.3) is 0 Å². The molecule has 1 fully saturated rings. The van der Waals surface area contributed by atoms with Crippen LogP contribution >= 0.6 is 0 Å². The zero-order valence-corrected chi connectivity index (χ0v) is 16.7. The van der Waals surface area contributed by atoms with Gasteiger partial charge in [-0.05, 0) is 38.8 Å². The second kappa shape index (κ2) is 8.33. The largest absolute Gasteiger partial charge is 0.373 e. The molecule has 2 atom stereocenters. The highest BCUT2D eigenvalue weighted by atomic mass is 16.5. The van der Waals surface area contributed by atoms with Gasteiger partial charge in [-0.25, -0.2) is 0 Å². The lowest BCUT2D eigenvalue weighted by molar-refractivity contribution is -0.0705. The van der Waals surface area contributed by atoms with Crippen LogP contribution in [-0.2, 0) is 31.4 Å². The highest BCUT2D eigenvalue weighted by molar-refractivity contribution is 5.28. The third-order valence-electron chi connectivity index (χ3n) is 5.28. The van der Waals surface area contributed by atoms with Crippen LogP contribution in [0.25, 0.3) is 0 Å². The maximum atomic E-state index is 5.86. The highest BCUT2D eigenvalue weighted by Gasteiger charge is 2.22. The molecular weight excluding hydrogens is 324 g/mol. The lowest BCUT2D eigenvalue weighted by Crippen LogP contribution is -2.45. The molecule has 142 valence electrons. The van der Waals surface area contributed by atoms with E-state index >= 15 is 0 Å². The number of aryl methyl sites for hydroxylation is 2. The minimum absolute atomic E-state index is 0.306. The first kappa shape index (κ1) is 19.1. The van der Waals surface area contributed by atoms with Gasteiger partial charge in [0.15, 0.2) is 0 Å². The van der Waals surface area contributed by atoms with Crippen LogP contribution in [0.5, 0.6) is 0 Å². The molecule has 1 aromatic carbocycles. The molecular formula is C21H32N4O. The Morgan fingerprint density at radius 3 is 2.35 bits per heavy atom. The summed E-state index contributed by atoms with van der Waals surface area (Å²) in [6, 6.07) is 8.76. The van der Waals surface area contributed by atoms with Gasteiger partial charge in [-0.15, -0.1) is 0 Å². The monoisotopic (exact) mass is 356 g/mol. The Hall–Kier alpha value is -1.69. The van der Waals surface area contributed by atoms with E-state index in [9.17, 15) is 0 Å². The molecule has 3 rings (SSSR count). The van der Waals surface area contributed by atoms with Crippen molar-refractivity contribution in [3.05, 3.63) is 52.3 Å². The van der Waals surface area contributed by atoms with E-state index in [4.69, 9.17) is 4.74 Å². The zero-order chi connectivity index (χ0) is 18.7. The van der Waals surface area contributed by atoms with E-state index in [1.165, 1.54) is 22.4 Å². The Kier molecular flexibility index (Phi) is 6.12. The molecule has 0 bridgehead atoms. The van der Waals surface area contributed by atoms with Crippen molar-refractivity contribution < 1.29 is 4.74 Å². The maximum Gasteiger partial charge on any atom is 0.0678 e. The minimum Gasteiger partial charge on any atom is -0.373 e. The Morgan fingerprint density at radius 2 is 1.73 bits per heavy atom. The first-order chi connectivity index (χ1) is 12.4. The van der Waals surface area contributed by atoms with Gasteiger partial charge < -0.3 is 10.1 Å². The number of nitrogens with one attached hydrogen (secondary N) is 1. The van der Waals surface area contributed by atoms with Gasteiger partial charge in [0.05, 0.1) is 17.9 Å². The number of hydrogen-bond donors (Lipinski definition) is 1. The standard InChI is InChI=1S/C21H32N4O/c1-15-12-25(13-16(2)26-15)14-20-9-7-6-8-19(20)10-22-11-21-17(3)23-24(5)18(21)4/h6-9,15-16,22H,10-14H2,1-5H3/t15-,16-/m0/s1. The van der Waals surface area contributed by atoms with Crippen molar-refractivity contribution in [2.75, 3.05) is 13.1 Å². The molecule has 1 aliphatic rings. The molecule has 1 saturated heterocycles. The van der Waals surface area contributed by atoms with Crippen LogP contribution in [0.4, 0.5) is 0 Å². The second-order valence-corrected chi connectivity index (χ2v) is 7.60. The fourth-order valence-corrected chi connectivity index (χ4v) is 3.93. The molecule has 0 spiro atoms. The summed E-state index contributed by atoms with van der Waals surface area (Å²) in [6.45, 7) is 13.2. The van der Waals surface area contributed by atoms with Crippen LogP contribution in [0.2, 0.25) is 0 Å². The van der Waals surface area contributed by atoms with Crippen molar-refractivity contribution in [3.8, 4) is 0 Å². The first-order valence-corrected chi connectivity index (χ1v) is 9.58. The van der Waals surface area contributed by atoms with Crippen LogP contribution in [0.15, 0.2) is 24.3 Å². The average Bonchev–Trinajstić information content (AvgIpc) is 2.81. The molecule has 1 aromatic heterocycles. The molecule has 1 N–H and O–H groups in total. The molecule has 0 aliphatic carbocycles. The molecule has 2 aromatic rings. The van der Waals surface area contributed by atoms with Crippen LogP contribution < -0.4 is 5.32 Å². The van der Waals surface area contributed by atoms with Crippen molar-refractivity contribution in [3.63, 3.8) is 0 Å². The molecule has 0 saturated carbocycles. The summed E-state index contributed by atoms with van der Waals surface area (Å²) in [4.78, 5) is 2.51. The predicted molar refractivity (Wildman–Crippen MR) is 105 cm³/mol. The van der Waals surface area contributed by atoms with Gasteiger partial charge in [0, 0.05) is 51.0 Å². The Bertz CT molecular complexity index is 730. The van der Waals surface area contributed by atoms with Gasteiger partial charge in [0.1, 0.15) is 0 Å². The van der Waals surface area contributed by atoms with Crippen molar-refractivity contribution >= 4 is 0 Å². The summed E-state index contributed by atoms with van der Waals surface area (Å²) < 4.78 is 7.82. The van der Waals surface area contributed by atoms with Gasteiger partial charge >= 0.3 is 0 Å². The summed E-state index contributed by atoms with van der Waals surface area (Å²) in [5.74, 6) is 0. The molecule has 26 heavy (non-hydrogen) atoms. The Balaban J connectivity index is 1.62. The summed E-state index contributed by atoms with van der Waals surface area (Å²) in [6.07, 6.45) is 0.612. The van der Waals surface area contributed by atoms with E-state index in [2.05, 4.69) is 67.3 Å². The van der Waals surface area contributed by atoms with Crippen molar-refractivity contribution in [2.24, 2.45) is 7.05 Å². The molecule has 0 radical (unpaired) electrons. The summed E-state index contributed by atoms with van der Waals surface area (Å²) >= 11 is 0. The number of benzene rings is 1. The predicted octanol–water partition coefficient (Wildman–Crippen LogP) is 2.94. The van der Waals surface area contributed by atoms with E-state index in [1.807, 2.05) is 11.7 Å². The third kappa shape index (κ3) is 4.53. The number of nitrogens with zero attached hydrogens (tertiary/aromatic N) is 3. The molecule has 0 unspecified atom stereocenters. The SMILES string of the molecule is Cc1nn(C)c(C)c1CNCc1ccccc1CN1C[C@H](C)O[C@@H](C)C1. The molecule has 1 aliphatic heterocycles. The van der Waals surface area contributed by atoms with E-state index in [0.717, 1.165) is 38.4 Å². The van der Waals surface area contributed by atoms with Crippen LogP contribution in [0, 0.1) is 13.8 Å². The first-order valence-electron chi connectivity index (χ1n) is 9.58. The second-order valence-electron chi connectivity index (χ2n) is 7.60. The van der Waals surface area contributed by atoms with E-state index in [0.29, 0.717) is 12.2 Å². The number of morpholine rings is 1. The van der Waals surface area contributed by atoms with Gasteiger partial charge in [-0.2, -0.15) is 5.10 Å². The smallest absolute Gasteiger partial charge is 0.0678 e. The fourth-order valence-electron chi connectivity index (χ4n) is 3.93. The minimum atomic E-state index is 0.306. The Labute approximate surface area is 157 Å². The third-order valence-corrected chi connectivity index (χ3v) is 5.28. The van der Waals surface area contributed by atoms with Crippen molar-refractivity contribution in [2.45, 2.75) is 59.5 Å². The van der Waals surface area contributed by atoms with E-state index < -0.39 is 0 Å². The van der Waals surface area contributed by atoms with Crippen molar-refractivity contribution in [1.82, 2.24) is 20.0 Å². The van der Waals surface area contributed by atoms with Crippen LogP contribution in [0.3, 0.4) is 0 Å². The quantitative estimate of drug-likeness (QED) is 0.864. The van der Waals surface area contributed by atoms with Gasteiger partial charge in [0.2, 0.25) is 0 Å². The van der Waals surface area contributed by atoms with Crippen molar-refractivity contribution in [1.29, 1.82) is 0 Å². The number of hydrogen-bond acceptors (Lipinski definition) is 4. The number of aromatic nitrogens is 2. The van der Waals surface area contributed by atoms with Gasteiger partial charge in [-0.1, -0.05) is 24.3 Å². The summed E-state index contributed by atoms with van der Waals surface area (Å²) in [5, 5.41) is 8.12. The van der Waals surface area contributed by atoms with Gasteiger partial charge in [-0.3, -0.25) is 9.58 Å². The molecule has 2 heterocycles. The lowest BCUT2D eigenvalue weighted by Gasteiger charge is -2.35. The summed E-state index contributed by atoms with van der Waals surface area (Å²) in [7, 11) is 2.01. The molecule has 0 amide bonds.